The molecule has 4 aliphatic heterocycles. The summed E-state index contributed by atoms with van der Waals surface area (Å²) in [5.41, 5.74) is 4.62. The topological polar surface area (TPSA) is 207 Å². The molecule has 3 N–H and O–H groups in total. The molecule has 1 atom stereocenters. The van der Waals surface area contributed by atoms with Crippen molar-refractivity contribution in [1.29, 1.82) is 0 Å². The number of hydrogen-bond donors (Lipinski definition) is 3. The van der Waals surface area contributed by atoms with Crippen LogP contribution < -0.4 is 30.3 Å². The van der Waals surface area contributed by atoms with Gasteiger partial charge < -0.3 is 39.2 Å². The summed E-state index contributed by atoms with van der Waals surface area (Å²) >= 11 is 0. The largest absolute Gasteiger partial charge is 0.494 e. The molecule has 0 aliphatic carbocycles. The Bertz CT molecular complexity index is 2880. The number of anilines is 4. The highest BCUT2D eigenvalue weighted by Crippen LogP contribution is 2.41. The predicted octanol–water partition coefficient (Wildman–Crippen LogP) is 6.24. The molecule has 9 rings (SSSR count). The Hall–Kier alpha value is -7.60. The number of rotatable bonds is 14. The molecular formula is C51H55N9O9. The van der Waals surface area contributed by atoms with Crippen LogP contribution in [0.15, 0.2) is 79.6 Å². The van der Waals surface area contributed by atoms with E-state index in [-0.39, 0.29) is 53.6 Å². The number of likely N-dealkylation sites (tertiary alicyclic amines) is 1. The van der Waals surface area contributed by atoms with Crippen molar-refractivity contribution in [3.05, 3.63) is 96.3 Å². The third kappa shape index (κ3) is 9.61. The maximum Gasteiger partial charge on any atom is 0.342 e. The number of carbonyl (C=O) groups is 6. The first-order valence-electron chi connectivity index (χ1n) is 23.3. The Balaban J connectivity index is 0.840. The van der Waals surface area contributed by atoms with Crippen molar-refractivity contribution in [2.24, 2.45) is 13.0 Å². The molecule has 3 fully saturated rings. The van der Waals surface area contributed by atoms with E-state index in [2.05, 4.69) is 37.3 Å². The molecule has 3 aromatic carbocycles. The number of methoxy groups -OCH3 is 1. The molecule has 1 unspecified atom stereocenters. The number of aryl methyl sites for hydroxylation is 1. The molecule has 0 bridgehead atoms. The molecule has 18 nitrogen and oxygen atoms in total. The van der Waals surface area contributed by atoms with Crippen molar-refractivity contribution in [1.82, 2.24) is 29.7 Å². The van der Waals surface area contributed by atoms with Crippen molar-refractivity contribution in [3.63, 3.8) is 0 Å². The monoisotopic (exact) mass is 937 g/mol. The van der Waals surface area contributed by atoms with Gasteiger partial charge >= 0.3 is 5.97 Å². The molecule has 69 heavy (non-hydrogen) atoms. The van der Waals surface area contributed by atoms with Gasteiger partial charge in [0.1, 0.15) is 29.2 Å². The lowest BCUT2D eigenvalue weighted by Crippen LogP contribution is -2.54. The van der Waals surface area contributed by atoms with Gasteiger partial charge in [-0.05, 0) is 88.3 Å². The van der Waals surface area contributed by atoms with Crippen molar-refractivity contribution < 1.29 is 43.0 Å². The van der Waals surface area contributed by atoms with E-state index in [4.69, 9.17) is 19.2 Å². The summed E-state index contributed by atoms with van der Waals surface area (Å²) in [5.74, 6) is -1.41. The average Bonchev–Trinajstić information content (AvgIpc) is 3.80. The van der Waals surface area contributed by atoms with Gasteiger partial charge in [-0.15, -0.1) is 0 Å². The number of nitrogens with one attached hydrogen (secondary N) is 3. The summed E-state index contributed by atoms with van der Waals surface area (Å²) in [6.07, 6.45) is 7.81. The molecule has 18 heteroatoms. The summed E-state index contributed by atoms with van der Waals surface area (Å²) in [5, 5.41) is 9.42. The summed E-state index contributed by atoms with van der Waals surface area (Å²) in [7, 11) is 3.52. The average molecular weight is 938 g/mol. The maximum atomic E-state index is 13.4. The minimum atomic E-state index is -1.02. The molecule has 0 spiro atoms. The number of hydrogen-bond acceptors (Lipinski definition) is 14. The van der Waals surface area contributed by atoms with Gasteiger partial charge in [0.25, 0.3) is 11.8 Å². The van der Waals surface area contributed by atoms with E-state index < -0.39 is 35.6 Å². The smallest absolute Gasteiger partial charge is 0.342 e. The van der Waals surface area contributed by atoms with Crippen LogP contribution in [0.25, 0.3) is 22.2 Å². The second kappa shape index (κ2) is 19.6. The first-order chi connectivity index (χ1) is 33.3. The standard InChI is InChI=1S/C51H55N9O9/c1-6-44(61)53-38-24-39(54-51-52-26-36(50(66)68-29(2)3)46(56-51)37-28-57(4)40-10-8-7-9-33(37)40)43(67-5)25-42(38)59-21-15-30(16-22-59)27-58-19-17-31(18-20-58)69-32-11-12-34-35(23-32)49(65)60(48(34)64)41-13-14-45(62)55-47(41)63/h6-12,23-26,28-31,41H,1,13-22,27H2,2-5H3,(H,53,61)(H,52,54,56)(H,55,62,63). The molecule has 358 valence electrons. The van der Waals surface area contributed by atoms with E-state index >= 15 is 0 Å². The van der Waals surface area contributed by atoms with Crippen LogP contribution in [0.4, 0.5) is 23.0 Å². The highest BCUT2D eigenvalue weighted by molar-refractivity contribution is 6.23. The van der Waals surface area contributed by atoms with Crippen molar-refractivity contribution in [2.45, 2.75) is 70.6 Å². The summed E-state index contributed by atoms with van der Waals surface area (Å²) in [6.45, 7) is 11.4. The van der Waals surface area contributed by atoms with Gasteiger partial charge in [0.15, 0.2) is 0 Å². The van der Waals surface area contributed by atoms with Crippen LogP contribution in [0.2, 0.25) is 0 Å². The lowest BCUT2D eigenvalue weighted by atomic mass is 9.94. The normalized spacial score (nSPS) is 18.1. The Kier molecular flexibility index (Phi) is 13.2. The van der Waals surface area contributed by atoms with Gasteiger partial charge in [0.2, 0.25) is 23.7 Å². The number of piperidine rings is 3. The highest BCUT2D eigenvalue weighted by Gasteiger charge is 2.45. The van der Waals surface area contributed by atoms with E-state index in [0.717, 1.165) is 85.5 Å². The number of esters is 1. The fourth-order valence-corrected chi connectivity index (χ4v) is 9.75. The van der Waals surface area contributed by atoms with Gasteiger partial charge in [0, 0.05) is 81.1 Å². The van der Waals surface area contributed by atoms with Gasteiger partial charge in [-0.2, -0.15) is 0 Å². The zero-order valence-corrected chi connectivity index (χ0v) is 39.1. The van der Waals surface area contributed by atoms with Crippen LogP contribution in [0.3, 0.4) is 0 Å². The fourth-order valence-electron chi connectivity index (χ4n) is 9.75. The van der Waals surface area contributed by atoms with Crippen LogP contribution in [-0.2, 0) is 26.2 Å². The van der Waals surface area contributed by atoms with Crippen LogP contribution in [0, 0.1) is 5.92 Å². The molecular weight excluding hydrogens is 883 g/mol. The van der Waals surface area contributed by atoms with Crippen molar-refractivity contribution in [2.75, 3.05) is 55.4 Å². The van der Waals surface area contributed by atoms with E-state index in [1.165, 1.54) is 12.3 Å². The molecule has 2 aromatic heterocycles. The number of para-hydroxylation sites is 1. The minimum absolute atomic E-state index is 0.0588. The van der Waals surface area contributed by atoms with E-state index in [1.54, 1.807) is 45.2 Å². The number of amides is 5. The van der Waals surface area contributed by atoms with E-state index in [9.17, 15) is 28.8 Å². The molecule has 3 saturated heterocycles. The lowest BCUT2D eigenvalue weighted by molar-refractivity contribution is -0.136. The number of imide groups is 2. The molecule has 4 aliphatic rings. The van der Waals surface area contributed by atoms with Gasteiger partial charge in [-0.25, -0.2) is 14.8 Å². The number of fused-ring (bicyclic) bond motifs is 2. The molecule has 0 saturated carbocycles. The third-order valence-corrected chi connectivity index (χ3v) is 13.2. The number of ether oxygens (including phenoxy) is 3. The number of benzene rings is 3. The SMILES string of the molecule is C=CC(=O)Nc1cc(Nc2ncc(C(=O)OC(C)C)c(-c3cn(C)c4ccccc34)n2)c(OC)cc1N1CCC(CN2CCC(Oc3ccc4c(c3)C(=O)N(C3CCC(=O)NC3=O)C4=O)CC2)CC1. The fraction of sp³-hybridized carbons (Fsp3) is 0.373. The Morgan fingerprint density at radius 3 is 2.39 bits per heavy atom. The predicted molar refractivity (Wildman–Crippen MR) is 258 cm³/mol. The molecule has 5 amide bonds. The summed E-state index contributed by atoms with van der Waals surface area (Å²) < 4.78 is 19.8. The van der Waals surface area contributed by atoms with Gasteiger partial charge in [-0.1, -0.05) is 24.8 Å². The van der Waals surface area contributed by atoms with Crippen LogP contribution in [0.5, 0.6) is 11.5 Å². The van der Waals surface area contributed by atoms with E-state index in [0.29, 0.717) is 34.5 Å². The van der Waals surface area contributed by atoms with Gasteiger partial charge in [0.05, 0.1) is 47.1 Å². The first kappa shape index (κ1) is 46.5. The first-order valence-corrected chi connectivity index (χ1v) is 23.3. The second-order valence-corrected chi connectivity index (χ2v) is 18.2. The number of aromatic nitrogens is 3. The third-order valence-electron chi connectivity index (χ3n) is 13.2. The van der Waals surface area contributed by atoms with E-state index in [1.807, 2.05) is 48.1 Å². The maximum absolute atomic E-state index is 13.4. The molecule has 5 aromatic rings. The Labute approximate surface area is 399 Å². The van der Waals surface area contributed by atoms with Crippen LogP contribution >= 0.6 is 0 Å². The van der Waals surface area contributed by atoms with Crippen molar-refractivity contribution >= 4 is 69.4 Å². The molecule has 0 radical (unpaired) electrons. The van der Waals surface area contributed by atoms with Crippen LogP contribution in [-0.4, -0.2) is 118 Å². The Morgan fingerprint density at radius 1 is 0.913 bits per heavy atom. The minimum Gasteiger partial charge on any atom is -0.494 e. The van der Waals surface area contributed by atoms with Crippen LogP contribution in [0.1, 0.15) is 83.4 Å². The second-order valence-electron chi connectivity index (χ2n) is 18.2. The summed E-state index contributed by atoms with van der Waals surface area (Å²) in [4.78, 5) is 91.9. The van der Waals surface area contributed by atoms with Crippen molar-refractivity contribution in [3.8, 4) is 22.8 Å². The lowest BCUT2D eigenvalue weighted by Gasteiger charge is -2.39. The number of nitrogens with zero attached hydrogens (tertiary/aromatic N) is 6. The molecule has 6 heterocycles. The van der Waals surface area contributed by atoms with Gasteiger partial charge in [-0.3, -0.25) is 34.2 Å². The summed E-state index contributed by atoms with van der Waals surface area (Å²) in [6, 6.07) is 15.4. The number of carbonyl (C=O) groups excluding carboxylic acids is 6. The zero-order valence-electron chi connectivity index (χ0n) is 39.1. The Morgan fingerprint density at radius 2 is 1.67 bits per heavy atom. The zero-order chi connectivity index (χ0) is 48.5. The highest BCUT2D eigenvalue weighted by atomic mass is 16.5. The quantitative estimate of drug-likeness (QED) is 0.0641.